The van der Waals surface area contributed by atoms with Gasteiger partial charge in [0.15, 0.2) is 10.9 Å². The molecular formula is C10H16N6O3S. The van der Waals surface area contributed by atoms with Gasteiger partial charge in [-0.3, -0.25) is 5.10 Å². The van der Waals surface area contributed by atoms with Gasteiger partial charge in [0.2, 0.25) is 5.89 Å². The van der Waals surface area contributed by atoms with E-state index in [1.54, 1.807) is 13.8 Å². The molecule has 0 radical (unpaired) electrons. The topological polar surface area (TPSA) is 140 Å². The maximum absolute atomic E-state index is 12.1. The Bertz CT molecular complexity index is 690. The maximum atomic E-state index is 12.1. The second-order valence-corrected chi connectivity index (χ2v) is 5.90. The van der Waals surface area contributed by atoms with Crippen molar-refractivity contribution in [3.63, 3.8) is 0 Å². The lowest BCUT2D eigenvalue weighted by Crippen LogP contribution is -2.27. The van der Waals surface area contributed by atoms with E-state index in [1.165, 1.54) is 0 Å². The Morgan fingerprint density at radius 2 is 2.15 bits per heavy atom. The summed E-state index contributed by atoms with van der Waals surface area (Å²) in [6, 6.07) is 0. The van der Waals surface area contributed by atoms with Crippen molar-refractivity contribution in [1.82, 2.24) is 25.1 Å². The summed E-state index contributed by atoms with van der Waals surface area (Å²) in [6.45, 7) is 3.65. The molecule has 20 heavy (non-hydrogen) atoms. The number of nitrogens with zero attached hydrogens (tertiary/aromatic N) is 3. The van der Waals surface area contributed by atoms with E-state index in [2.05, 4.69) is 25.1 Å². The fourth-order valence-corrected chi connectivity index (χ4v) is 2.93. The average molecular weight is 300 g/mol. The number of nitrogens with one attached hydrogen (secondary N) is 2. The first kappa shape index (κ1) is 14.6. The standard InChI is InChI=1S/C10H16N6O3S/c1-6-8(5-11)10(15-14-6)20(17,18)12-4-3-9-13-7(2)16-19-9/h12H,3-5,11H2,1-2H3,(H,14,15). The van der Waals surface area contributed by atoms with Gasteiger partial charge in [-0.1, -0.05) is 5.16 Å². The molecule has 110 valence electrons. The highest BCUT2D eigenvalue weighted by atomic mass is 32.2. The average Bonchev–Trinajstić information content (AvgIpc) is 2.95. The zero-order chi connectivity index (χ0) is 14.8. The van der Waals surface area contributed by atoms with Crippen LogP contribution in [0.3, 0.4) is 0 Å². The Hall–Kier alpha value is -1.78. The first-order valence-corrected chi connectivity index (χ1v) is 7.45. The second kappa shape index (κ2) is 5.69. The molecule has 0 unspecified atom stereocenters. The van der Waals surface area contributed by atoms with Gasteiger partial charge in [0, 0.05) is 30.8 Å². The molecule has 2 heterocycles. The molecule has 2 aromatic heterocycles. The van der Waals surface area contributed by atoms with Gasteiger partial charge in [-0.2, -0.15) is 10.1 Å². The normalized spacial score (nSPS) is 11.9. The molecule has 10 heteroatoms. The largest absolute Gasteiger partial charge is 0.339 e. The van der Waals surface area contributed by atoms with Gasteiger partial charge in [-0.05, 0) is 13.8 Å². The zero-order valence-electron chi connectivity index (χ0n) is 11.2. The van der Waals surface area contributed by atoms with Crippen LogP contribution in [-0.4, -0.2) is 35.3 Å². The Kier molecular flexibility index (Phi) is 4.16. The van der Waals surface area contributed by atoms with Crippen molar-refractivity contribution < 1.29 is 12.9 Å². The third-order valence-corrected chi connectivity index (χ3v) is 4.13. The van der Waals surface area contributed by atoms with E-state index in [0.717, 1.165) is 0 Å². The number of aromatic nitrogens is 4. The van der Waals surface area contributed by atoms with Crippen molar-refractivity contribution in [2.24, 2.45) is 5.73 Å². The molecule has 0 spiro atoms. The number of aromatic amines is 1. The highest BCUT2D eigenvalue weighted by Crippen LogP contribution is 2.15. The van der Waals surface area contributed by atoms with E-state index in [0.29, 0.717) is 29.4 Å². The fraction of sp³-hybridized carbons (Fsp3) is 0.500. The summed E-state index contributed by atoms with van der Waals surface area (Å²) in [5, 5.41) is 9.95. The van der Waals surface area contributed by atoms with Crippen molar-refractivity contribution in [2.45, 2.75) is 31.8 Å². The first-order chi connectivity index (χ1) is 9.44. The maximum Gasteiger partial charge on any atom is 0.260 e. The van der Waals surface area contributed by atoms with Crippen LogP contribution in [0.4, 0.5) is 0 Å². The predicted octanol–water partition coefficient (Wildman–Crippen LogP) is -0.611. The lowest BCUT2D eigenvalue weighted by atomic mass is 10.3. The molecule has 0 aliphatic heterocycles. The Labute approximate surface area is 116 Å². The van der Waals surface area contributed by atoms with Crippen LogP contribution in [0.5, 0.6) is 0 Å². The number of hydrogen-bond acceptors (Lipinski definition) is 7. The van der Waals surface area contributed by atoms with Gasteiger partial charge in [0.1, 0.15) is 0 Å². The number of sulfonamides is 1. The summed E-state index contributed by atoms with van der Waals surface area (Å²) in [5.41, 5.74) is 6.65. The van der Waals surface area contributed by atoms with Crippen LogP contribution in [0.25, 0.3) is 0 Å². The minimum Gasteiger partial charge on any atom is -0.339 e. The number of aryl methyl sites for hydroxylation is 2. The molecule has 0 aliphatic rings. The highest BCUT2D eigenvalue weighted by Gasteiger charge is 2.22. The van der Waals surface area contributed by atoms with Crippen molar-refractivity contribution in [2.75, 3.05) is 6.54 Å². The van der Waals surface area contributed by atoms with E-state index in [4.69, 9.17) is 10.3 Å². The minimum absolute atomic E-state index is 0.0702. The van der Waals surface area contributed by atoms with E-state index in [-0.39, 0.29) is 18.1 Å². The molecule has 9 nitrogen and oxygen atoms in total. The van der Waals surface area contributed by atoms with Gasteiger partial charge < -0.3 is 10.3 Å². The van der Waals surface area contributed by atoms with E-state index < -0.39 is 10.0 Å². The monoisotopic (exact) mass is 300 g/mol. The molecule has 0 aliphatic carbocycles. The lowest BCUT2D eigenvalue weighted by molar-refractivity contribution is 0.375. The van der Waals surface area contributed by atoms with Crippen LogP contribution in [0, 0.1) is 13.8 Å². The van der Waals surface area contributed by atoms with Gasteiger partial charge in [0.05, 0.1) is 0 Å². The quantitative estimate of drug-likeness (QED) is 0.646. The molecule has 2 aromatic rings. The highest BCUT2D eigenvalue weighted by molar-refractivity contribution is 7.89. The Balaban J connectivity index is 2.04. The summed E-state index contributed by atoms with van der Waals surface area (Å²) in [5.74, 6) is 0.888. The Morgan fingerprint density at radius 3 is 2.75 bits per heavy atom. The van der Waals surface area contributed by atoms with Gasteiger partial charge in [0.25, 0.3) is 10.0 Å². The number of nitrogens with two attached hydrogens (primary N) is 1. The summed E-state index contributed by atoms with van der Waals surface area (Å²) >= 11 is 0. The lowest BCUT2D eigenvalue weighted by Gasteiger charge is -2.04. The summed E-state index contributed by atoms with van der Waals surface area (Å²) in [7, 11) is -3.71. The minimum atomic E-state index is -3.71. The third-order valence-electron chi connectivity index (χ3n) is 2.70. The molecule has 0 aromatic carbocycles. The van der Waals surface area contributed by atoms with Crippen molar-refractivity contribution in [3.05, 3.63) is 23.0 Å². The van der Waals surface area contributed by atoms with E-state index >= 15 is 0 Å². The number of hydrogen-bond donors (Lipinski definition) is 3. The zero-order valence-corrected chi connectivity index (χ0v) is 12.0. The summed E-state index contributed by atoms with van der Waals surface area (Å²) in [4.78, 5) is 3.99. The van der Waals surface area contributed by atoms with Crippen molar-refractivity contribution >= 4 is 10.0 Å². The molecule has 0 atom stereocenters. The Morgan fingerprint density at radius 1 is 1.40 bits per heavy atom. The molecule has 4 N–H and O–H groups in total. The molecule has 2 rings (SSSR count). The molecule has 0 amide bonds. The molecule has 0 saturated heterocycles. The van der Waals surface area contributed by atoms with Crippen molar-refractivity contribution in [1.29, 1.82) is 0 Å². The van der Waals surface area contributed by atoms with Crippen LogP contribution < -0.4 is 10.5 Å². The van der Waals surface area contributed by atoms with Crippen molar-refractivity contribution in [3.8, 4) is 0 Å². The molecule has 0 bridgehead atoms. The first-order valence-electron chi connectivity index (χ1n) is 5.97. The van der Waals surface area contributed by atoms with Gasteiger partial charge in [-0.25, -0.2) is 13.1 Å². The summed E-state index contributed by atoms with van der Waals surface area (Å²) < 4.78 is 31.5. The van der Waals surface area contributed by atoms with Gasteiger partial charge >= 0.3 is 0 Å². The third kappa shape index (κ3) is 3.03. The van der Waals surface area contributed by atoms with E-state index in [1.807, 2.05) is 0 Å². The smallest absolute Gasteiger partial charge is 0.260 e. The predicted molar refractivity (Wildman–Crippen MR) is 69.1 cm³/mol. The molecule has 0 saturated carbocycles. The second-order valence-electron chi connectivity index (χ2n) is 4.22. The number of rotatable bonds is 6. The SMILES string of the molecule is Cc1noc(CCNS(=O)(=O)c2n[nH]c(C)c2CN)n1. The van der Waals surface area contributed by atoms with E-state index in [9.17, 15) is 8.42 Å². The number of H-pyrrole nitrogens is 1. The molecular weight excluding hydrogens is 284 g/mol. The van der Waals surface area contributed by atoms with Gasteiger partial charge in [-0.15, -0.1) is 0 Å². The van der Waals surface area contributed by atoms with Crippen LogP contribution >= 0.6 is 0 Å². The molecule has 0 fully saturated rings. The van der Waals surface area contributed by atoms with Crippen LogP contribution in [0.2, 0.25) is 0 Å². The van der Waals surface area contributed by atoms with Crippen LogP contribution in [0.15, 0.2) is 9.55 Å². The summed E-state index contributed by atoms with van der Waals surface area (Å²) in [6.07, 6.45) is 0.307. The van der Waals surface area contributed by atoms with Crippen LogP contribution in [-0.2, 0) is 23.0 Å². The fourth-order valence-electron chi connectivity index (χ4n) is 1.69. The van der Waals surface area contributed by atoms with Crippen LogP contribution in [0.1, 0.15) is 23.0 Å².